The zero-order valence-corrected chi connectivity index (χ0v) is 24.0. The number of benzene rings is 3. The summed E-state index contributed by atoms with van der Waals surface area (Å²) in [7, 11) is -3.82. The predicted octanol–water partition coefficient (Wildman–Crippen LogP) is 4.95. The van der Waals surface area contributed by atoms with Crippen LogP contribution in [0.4, 0.5) is 5.69 Å². The first-order chi connectivity index (χ1) is 18.1. The van der Waals surface area contributed by atoms with Gasteiger partial charge < -0.3 is 15.0 Å². The van der Waals surface area contributed by atoms with Crippen LogP contribution in [0.15, 0.2) is 83.3 Å². The molecule has 8 nitrogen and oxygen atoms in total. The molecular formula is C28H32BrN3O5S. The molecule has 0 aliphatic rings. The lowest BCUT2D eigenvalue weighted by molar-refractivity contribution is -0.139. The van der Waals surface area contributed by atoms with Gasteiger partial charge in [-0.15, -0.1) is 0 Å². The van der Waals surface area contributed by atoms with E-state index < -0.39 is 28.5 Å². The third-order valence-corrected chi connectivity index (χ3v) is 7.38. The van der Waals surface area contributed by atoms with Gasteiger partial charge in [-0.2, -0.15) is 0 Å². The fourth-order valence-electron chi connectivity index (χ4n) is 3.73. The topological polar surface area (TPSA) is 96.0 Å². The second-order valence-corrected chi connectivity index (χ2v) is 11.6. The van der Waals surface area contributed by atoms with Crippen LogP contribution in [0.5, 0.6) is 11.5 Å². The number of amides is 2. The highest BCUT2D eigenvalue weighted by molar-refractivity contribution is 9.10. The highest BCUT2D eigenvalue weighted by Gasteiger charge is 2.30. The molecule has 0 fully saturated rings. The molecule has 202 valence electrons. The van der Waals surface area contributed by atoms with Gasteiger partial charge in [0.1, 0.15) is 24.1 Å². The second-order valence-electron chi connectivity index (χ2n) is 8.80. The number of halogens is 1. The third-order valence-electron chi connectivity index (χ3n) is 5.74. The van der Waals surface area contributed by atoms with Crippen LogP contribution >= 0.6 is 15.9 Å². The normalized spacial score (nSPS) is 11.9. The highest BCUT2D eigenvalue weighted by atomic mass is 79.9. The van der Waals surface area contributed by atoms with Crippen molar-refractivity contribution in [2.75, 3.05) is 23.7 Å². The van der Waals surface area contributed by atoms with E-state index in [9.17, 15) is 18.0 Å². The van der Waals surface area contributed by atoms with E-state index in [1.807, 2.05) is 61.5 Å². The Balaban J connectivity index is 1.85. The quantitative estimate of drug-likeness (QED) is 0.317. The molecule has 0 aliphatic heterocycles. The molecule has 0 heterocycles. The lowest BCUT2D eigenvalue weighted by Crippen LogP contribution is -2.51. The number of para-hydroxylation sites is 1. The van der Waals surface area contributed by atoms with Crippen molar-refractivity contribution in [3.63, 3.8) is 0 Å². The van der Waals surface area contributed by atoms with E-state index in [-0.39, 0.29) is 12.5 Å². The van der Waals surface area contributed by atoms with E-state index in [1.54, 1.807) is 31.2 Å². The third kappa shape index (κ3) is 8.32. The molecule has 38 heavy (non-hydrogen) atoms. The van der Waals surface area contributed by atoms with Gasteiger partial charge in [-0.05, 0) is 67.4 Å². The maximum absolute atomic E-state index is 13.6. The smallest absolute Gasteiger partial charge is 0.244 e. The SMILES string of the molecule is CCCNC(=O)[C@H](C)N(Cc1cccc(Br)c1)C(=O)CN(c1ccc(Oc2ccccc2)cc1)S(C)(=O)=O. The number of nitrogens with zero attached hydrogens (tertiary/aromatic N) is 2. The van der Waals surface area contributed by atoms with E-state index >= 15 is 0 Å². The molecule has 0 bridgehead atoms. The number of sulfonamides is 1. The van der Waals surface area contributed by atoms with Crippen molar-refractivity contribution < 1.29 is 22.7 Å². The molecule has 3 aromatic carbocycles. The Morgan fingerprint density at radius 1 is 0.974 bits per heavy atom. The summed E-state index contributed by atoms with van der Waals surface area (Å²) in [6.45, 7) is 3.74. The van der Waals surface area contributed by atoms with Gasteiger partial charge in [0.2, 0.25) is 21.8 Å². The standard InChI is InChI=1S/C28H32BrN3O5S/c1-4-17-30-28(34)21(2)31(19-22-9-8-10-23(29)18-22)27(33)20-32(38(3,35)36)24-13-15-26(16-14-24)37-25-11-6-5-7-12-25/h5-16,18,21H,4,17,19-20H2,1-3H3,(H,30,34)/t21-/m0/s1. The summed E-state index contributed by atoms with van der Waals surface area (Å²) < 4.78 is 33.2. The van der Waals surface area contributed by atoms with Gasteiger partial charge >= 0.3 is 0 Å². The van der Waals surface area contributed by atoms with Crippen LogP contribution in [0.1, 0.15) is 25.8 Å². The molecule has 3 aromatic rings. The maximum atomic E-state index is 13.6. The van der Waals surface area contributed by atoms with Gasteiger partial charge in [-0.25, -0.2) is 8.42 Å². The van der Waals surface area contributed by atoms with Crippen LogP contribution in [-0.2, 0) is 26.2 Å². The average molecular weight is 603 g/mol. The predicted molar refractivity (Wildman–Crippen MR) is 153 cm³/mol. The van der Waals surface area contributed by atoms with Crippen molar-refractivity contribution in [3.8, 4) is 11.5 Å². The fourth-order valence-corrected chi connectivity index (χ4v) is 5.03. The highest BCUT2D eigenvalue weighted by Crippen LogP contribution is 2.26. The summed E-state index contributed by atoms with van der Waals surface area (Å²) in [6.07, 6.45) is 1.80. The second kappa shape index (κ2) is 13.4. The van der Waals surface area contributed by atoms with E-state index in [4.69, 9.17) is 4.74 Å². The molecule has 2 amide bonds. The van der Waals surface area contributed by atoms with Crippen molar-refractivity contribution >= 4 is 43.5 Å². The summed E-state index contributed by atoms with van der Waals surface area (Å²) in [5, 5.41) is 2.82. The van der Waals surface area contributed by atoms with Crippen LogP contribution in [0.3, 0.4) is 0 Å². The number of anilines is 1. The van der Waals surface area contributed by atoms with E-state index in [0.29, 0.717) is 23.7 Å². The summed E-state index contributed by atoms with van der Waals surface area (Å²) in [5.74, 6) is 0.369. The Morgan fingerprint density at radius 2 is 1.63 bits per heavy atom. The van der Waals surface area contributed by atoms with Crippen LogP contribution < -0.4 is 14.4 Å². The van der Waals surface area contributed by atoms with E-state index in [0.717, 1.165) is 27.0 Å². The van der Waals surface area contributed by atoms with Crippen molar-refractivity contribution in [1.82, 2.24) is 10.2 Å². The number of ether oxygens (including phenoxy) is 1. The molecule has 0 aromatic heterocycles. The lowest BCUT2D eigenvalue weighted by Gasteiger charge is -2.31. The largest absolute Gasteiger partial charge is 0.457 e. The monoisotopic (exact) mass is 601 g/mol. The van der Waals surface area contributed by atoms with Crippen molar-refractivity contribution in [1.29, 1.82) is 0 Å². The van der Waals surface area contributed by atoms with Gasteiger partial charge in [-0.3, -0.25) is 13.9 Å². The molecule has 10 heteroatoms. The average Bonchev–Trinajstić information content (AvgIpc) is 2.89. The summed E-state index contributed by atoms with van der Waals surface area (Å²) in [6, 6.07) is 22.3. The number of nitrogens with one attached hydrogen (secondary N) is 1. The van der Waals surface area contributed by atoms with E-state index in [2.05, 4.69) is 21.2 Å². The molecule has 1 N–H and O–H groups in total. The molecule has 0 radical (unpaired) electrons. The maximum Gasteiger partial charge on any atom is 0.244 e. The fraction of sp³-hybridized carbons (Fsp3) is 0.286. The molecule has 3 rings (SSSR count). The first-order valence-electron chi connectivity index (χ1n) is 12.2. The van der Waals surface area contributed by atoms with Crippen molar-refractivity contribution in [2.24, 2.45) is 0 Å². The molecule has 0 aliphatic carbocycles. The Labute approximate surface area is 232 Å². The Morgan fingerprint density at radius 3 is 2.24 bits per heavy atom. The number of hydrogen-bond acceptors (Lipinski definition) is 5. The zero-order valence-electron chi connectivity index (χ0n) is 21.6. The Bertz CT molecular complexity index is 1330. The van der Waals surface area contributed by atoms with Gasteiger partial charge in [0.15, 0.2) is 0 Å². The number of rotatable bonds is 12. The van der Waals surface area contributed by atoms with Gasteiger partial charge in [0.25, 0.3) is 0 Å². The van der Waals surface area contributed by atoms with Gasteiger partial charge in [0.05, 0.1) is 11.9 Å². The number of carbonyl (C=O) groups is 2. The number of hydrogen-bond donors (Lipinski definition) is 1. The molecule has 0 unspecified atom stereocenters. The van der Waals surface area contributed by atoms with Gasteiger partial charge in [-0.1, -0.05) is 53.2 Å². The van der Waals surface area contributed by atoms with Gasteiger partial charge in [0, 0.05) is 17.6 Å². The molecular weight excluding hydrogens is 570 g/mol. The molecule has 0 saturated carbocycles. The minimum Gasteiger partial charge on any atom is -0.457 e. The molecule has 1 atom stereocenters. The van der Waals surface area contributed by atoms with Crippen molar-refractivity contribution in [3.05, 3.63) is 88.9 Å². The van der Waals surface area contributed by atoms with Crippen LogP contribution in [0, 0.1) is 0 Å². The first-order valence-corrected chi connectivity index (χ1v) is 14.8. The molecule has 0 saturated heterocycles. The van der Waals surface area contributed by atoms with Crippen LogP contribution in [-0.4, -0.2) is 50.5 Å². The lowest BCUT2D eigenvalue weighted by atomic mass is 10.1. The van der Waals surface area contributed by atoms with Crippen LogP contribution in [0.25, 0.3) is 0 Å². The minimum atomic E-state index is -3.82. The summed E-state index contributed by atoms with van der Waals surface area (Å²) in [4.78, 5) is 27.8. The Hall–Kier alpha value is -3.37. The van der Waals surface area contributed by atoms with Crippen LogP contribution in [0.2, 0.25) is 0 Å². The van der Waals surface area contributed by atoms with E-state index in [1.165, 1.54) is 4.90 Å². The van der Waals surface area contributed by atoms with Crippen molar-refractivity contribution in [2.45, 2.75) is 32.9 Å². The zero-order chi connectivity index (χ0) is 27.7. The summed E-state index contributed by atoms with van der Waals surface area (Å²) in [5.41, 5.74) is 1.11. The first kappa shape index (κ1) is 29.2. The Kier molecular flexibility index (Phi) is 10.3. The molecule has 0 spiro atoms. The number of carbonyl (C=O) groups excluding carboxylic acids is 2. The minimum absolute atomic E-state index is 0.139. The summed E-state index contributed by atoms with van der Waals surface area (Å²) >= 11 is 3.43.